The average Bonchev–Trinajstić information content (AvgIpc) is 2.40. The number of sulfone groups is 1. The monoisotopic (exact) mass is 348 g/mol. The van der Waals surface area contributed by atoms with Crippen LogP contribution in [0.1, 0.15) is 12.8 Å². The van der Waals surface area contributed by atoms with Crippen LogP contribution < -0.4 is 0 Å². The molecule has 7 heteroatoms. The molecule has 1 fully saturated rings. The van der Waals surface area contributed by atoms with Crippen molar-refractivity contribution in [1.82, 2.24) is 9.88 Å². The van der Waals surface area contributed by atoms with Gasteiger partial charge in [0.25, 0.3) is 0 Å². The van der Waals surface area contributed by atoms with E-state index in [4.69, 9.17) is 5.11 Å². The summed E-state index contributed by atoms with van der Waals surface area (Å²) in [4.78, 5) is 6.07. The first-order valence-corrected chi connectivity index (χ1v) is 8.57. The summed E-state index contributed by atoms with van der Waals surface area (Å²) in [5.41, 5.74) is 0. The Balaban J connectivity index is 2.12. The number of aromatic nitrogens is 1. The third-order valence-electron chi connectivity index (χ3n) is 3.38. The minimum Gasteiger partial charge on any atom is -0.395 e. The molecule has 1 aromatic heterocycles. The van der Waals surface area contributed by atoms with Gasteiger partial charge in [0.05, 0.1) is 16.3 Å². The van der Waals surface area contributed by atoms with Gasteiger partial charge in [-0.2, -0.15) is 0 Å². The topological polar surface area (TPSA) is 70.5 Å². The van der Waals surface area contributed by atoms with Gasteiger partial charge in [0.15, 0.2) is 14.9 Å². The maximum Gasteiger partial charge on any atom is 0.199 e. The maximum absolute atomic E-state index is 12.5. The smallest absolute Gasteiger partial charge is 0.199 e. The molecule has 0 aromatic carbocycles. The first-order chi connectivity index (χ1) is 9.05. The number of pyridine rings is 1. The number of piperidine rings is 1. The van der Waals surface area contributed by atoms with Crippen LogP contribution in [0.15, 0.2) is 27.8 Å². The molecule has 0 amide bonds. The number of β-amino-alcohol motifs (C(OH)–C–C–N with tert-alkyl or cyclic N) is 1. The molecule has 0 radical (unpaired) electrons. The molecule has 5 nitrogen and oxygen atoms in total. The number of nitrogens with zero attached hydrogens (tertiary/aromatic N) is 2. The standard InChI is InChI=1S/C12H17BrN2O3S/c13-11-2-1-5-14-12(11)19(17,18)10-3-6-15(7-4-10)8-9-16/h1-2,5,10,16H,3-4,6-9H2. The molecule has 1 aromatic rings. The summed E-state index contributed by atoms with van der Waals surface area (Å²) in [6.45, 7) is 2.13. The Bertz CT molecular complexity index is 528. The van der Waals surface area contributed by atoms with Gasteiger partial charge >= 0.3 is 0 Å². The third-order valence-corrected chi connectivity index (χ3v) is 6.50. The van der Waals surface area contributed by atoms with Crippen molar-refractivity contribution in [3.63, 3.8) is 0 Å². The quantitative estimate of drug-likeness (QED) is 0.881. The van der Waals surface area contributed by atoms with Crippen LogP contribution >= 0.6 is 15.9 Å². The minimum absolute atomic E-state index is 0.114. The van der Waals surface area contributed by atoms with Crippen molar-refractivity contribution >= 4 is 25.8 Å². The minimum atomic E-state index is -3.38. The van der Waals surface area contributed by atoms with Crippen molar-refractivity contribution in [2.24, 2.45) is 0 Å². The molecule has 0 atom stereocenters. The first kappa shape index (κ1) is 14.9. The lowest BCUT2D eigenvalue weighted by Crippen LogP contribution is -2.40. The molecule has 0 saturated carbocycles. The van der Waals surface area contributed by atoms with E-state index >= 15 is 0 Å². The molecule has 1 saturated heterocycles. The largest absolute Gasteiger partial charge is 0.395 e. The highest BCUT2D eigenvalue weighted by molar-refractivity contribution is 9.10. The number of aliphatic hydroxyl groups is 1. The van der Waals surface area contributed by atoms with E-state index in [1.54, 1.807) is 12.1 Å². The van der Waals surface area contributed by atoms with Crippen LogP contribution in [0, 0.1) is 0 Å². The van der Waals surface area contributed by atoms with E-state index in [0.717, 1.165) is 0 Å². The Morgan fingerprint density at radius 2 is 2.11 bits per heavy atom. The number of likely N-dealkylation sites (tertiary alicyclic amines) is 1. The van der Waals surface area contributed by atoms with E-state index in [1.165, 1.54) is 6.20 Å². The molecule has 0 aliphatic carbocycles. The van der Waals surface area contributed by atoms with Crippen molar-refractivity contribution in [3.8, 4) is 0 Å². The normalized spacial score (nSPS) is 18.6. The summed E-state index contributed by atoms with van der Waals surface area (Å²) in [5.74, 6) is 0. The zero-order valence-corrected chi connectivity index (χ0v) is 12.9. The van der Waals surface area contributed by atoms with Crippen molar-refractivity contribution in [3.05, 3.63) is 22.8 Å². The van der Waals surface area contributed by atoms with Crippen molar-refractivity contribution < 1.29 is 13.5 Å². The number of halogens is 1. The summed E-state index contributed by atoms with van der Waals surface area (Å²) < 4.78 is 25.5. The van der Waals surface area contributed by atoms with E-state index in [2.05, 4.69) is 25.8 Å². The van der Waals surface area contributed by atoms with Crippen molar-refractivity contribution in [2.75, 3.05) is 26.2 Å². The zero-order valence-electron chi connectivity index (χ0n) is 10.5. The van der Waals surface area contributed by atoms with E-state index in [9.17, 15) is 8.42 Å². The van der Waals surface area contributed by atoms with Gasteiger partial charge in [-0.1, -0.05) is 0 Å². The molecule has 0 unspecified atom stereocenters. The highest BCUT2D eigenvalue weighted by atomic mass is 79.9. The summed E-state index contributed by atoms with van der Waals surface area (Å²) in [5, 5.41) is 8.64. The van der Waals surface area contributed by atoms with Gasteiger partial charge in [-0.25, -0.2) is 13.4 Å². The molecule has 1 N–H and O–H groups in total. The fourth-order valence-corrected chi connectivity index (χ4v) is 4.95. The third kappa shape index (κ3) is 3.34. The van der Waals surface area contributed by atoms with Gasteiger partial charge in [-0.05, 0) is 54.0 Å². The second-order valence-corrected chi connectivity index (χ2v) is 7.60. The van der Waals surface area contributed by atoms with Gasteiger partial charge in [-0.3, -0.25) is 0 Å². The Labute approximate surface area is 121 Å². The Kier molecular flexibility index (Phi) is 4.94. The van der Waals surface area contributed by atoms with E-state index in [0.29, 0.717) is 36.9 Å². The van der Waals surface area contributed by atoms with Gasteiger partial charge in [0.1, 0.15) is 0 Å². The molecule has 0 spiro atoms. The Morgan fingerprint density at radius 1 is 1.42 bits per heavy atom. The molecular weight excluding hydrogens is 332 g/mol. The molecule has 2 rings (SSSR count). The van der Waals surface area contributed by atoms with Crippen LogP contribution in [0.5, 0.6) is 0 Å². The van der Waals surface area contributed by atoms with E-state index in [1.807, 2.05) is 0 Å². The average molecular weight is 349 g/mol. The zero-order chi connectivity index (χ0) is 13.9. The predicted octanol–water partition coefficient (Wildman–Crippen LogP) is 1.07. The van der Waals surface area contributed by atoms with E-state index in [-0.39, 0.29) is 16.9 Å². The van der Waals surface area contributed by atoms with Crippen LogP contribution in [0.25, 0.3) is 0 Å². The van der Waals surface area contributed by atoms with E-state index < -0.39 is 9.84 Å². The summed E-state index contributed by atoms with van der Waals surface area (Å²) in [6, 6.07) is 3.40. The van der Waals surface area contributed by atoms with Crippen LogP contribution in [0.4, 0.5) is 0 Å². The van der Waals surface area contributed by atoms with Gasteiger partial charge in [0, 0.05) is 12.7 Å². The second-order valence-electron chi connectivity index (χ2n) is 4.60. The summed E-state index contributed by atoms with van der Waals surface area (Å²) in [6.07, 6.45) is 2.68. The number of hydrogen-bond acceptors (Lipinski definition) is 5. The van der Waals surface area contributed by atoms with Crippen LogP contribution in [0.3, 0.4) is 0 Å². The van der Waals surface area contributed by atoms with Crippen molar-refractivity contribution in [2.45, 2.75) is 23.1 Å². The molecule has 19 heavy (non-hydrogen) atoms. The molecule has 1 aliphatic heterocycles. The lowest BCUT2D eigenvalue weighted by molar-refractivity contribution is 0.174. The van der Waals surface area contributed by atoms with Gasteiger partial charge in [-0.15, -0.1) is 0 Å². The van der Waals surface area contributed by atoms with Gasteiger partial charge < -0.3 is 10.0 Å². The number of hydrogen-bond donors (Lipinski definition) is 1. The molecule has 106 valence electrons. The predicted molar refractivity (Wildman–Crippen MR) is 75.7 cm³/mol. The maximum atomic E-state index is 12.5. The molecular formula is C12H17BrN2O3S. The van der Waals surface area contributed by atoms with Crippen molar-refractivity contribution in [1.29, 1.82) is 0 Å². The molecule has 2 heterocycles. The summed E-state index contributed by atoms with van der Waals surface area (Å²) >= 11 is 3.25. The highest BCUT2D eigenvalue weighted by Gasteiger charge is 2.33. The first-order valence-electron chi connectivity index (χ1n) is 6.23. The lowest BCUT2D eigenvalue weighted by atomic mass is 10.1. The summed E-state index contributed by atoms with van der Waals surface area (Å²) in [7, 11) is -3.38. The lowest BCUT2D eigenvalue weighted by Gasteiger charge is -2.30. The highest BCUT2D eigenvalue weighted by Crippen LogP contribution is 2.27. The van der Waals surface area contributed by atoms with Crippen LogP contribution in [0.2, 0.25) is 0 Å². The second kappa shape index (κ2) is 6.30. The van der Waals surface area contributed by atoms with Crippen LogP contribution in [-0.2, 0) is 9.84 Å². The number of aliphatic hydroxyl groups excluding tert-OH is 1. The molecule has 1 aliphatic rings. The fraction of sp³-hybridized carbons (Fsp3) is 0.583. The molecule has 0 bridgehead atoms. The fourth-order valence-electron chi connectivity index (χ4n) is 2.32. The van der Waals surface area contributed by atoms with Gasteiger partial charge in [0.2, 0.25) is 0 Å². The SMILES string of the molecule is O=S(=O)(c1ncccc1Br)C1CCN(CCO)CC1. The number of rotatable bonds is 4. The Morgan fingerprint density at radius 3 is 2.68 bits per heavy atom. The van der Waals surface area contributed by atoms with Crippen LogP contribution in [-0.4, -0.2) is 54.9 Å². The Hall–Kier alpha value is -0.500.